The van der Waals surface area contributed by atoms with Crippen LogP contribution in [0.15, 0.2) is 0 Å². The highest BCUT2D eigenvalue weighted by atomic mass is 16.5. The fourth-order valence-electron chi connectivity index (χ4n) is 2.43. The largest absolute Gasteiger partial charge is 0.380 e. The van der Waals surface area contributed by atoms with Gasteiger partial charge < -0.3 is 21.1 Å². The van der Waals surface area contributed by atoms with Gasteiger partial charge in [-0.3, -0.25) is 0 Å². The molecule has 0 aromatic carbocycles. The van der Waals surface area contributed by atoms with Crippen molar-refractivity contribution in [3.8, 4) is 0 Å². The highest BCUT2D eigenvalue weighted by Crippen LogP contribution is 2.07. The third-order valence-corrected chi connectivity index (χ3v) is 3.79. The molecule has 134 valence electrons. The Morgan fingerprint density at radius 3 is 1.82 bits per heavy atom. The number of ether oxygens (including phenoxy) is 1. The Labute approximate surface area is 138 Å². The zero-order valence-corrected chi connectivity index (χ0v) is 15.0. The van der Waals surface area contributed by atoms with E-state index in [2.05, 4.69) is 17.6 Å². The van der Waals surface area contributed by atoms with Gasteiger partial charge in [-0.1, -0.05) is 45.4 Å². The molecule has 22 heavy (non-hydrogen) atoms. The lowest BCUT2D eigenvalue weighted by molar-refractivity contribution is 0.136. The van der Waals surface area contributed by atoms with Crippen LogP contribution in [-0.2, 0) is 4.74 Å². The molecule has 0 saturated heterocycles. The highest BCUT2D eigenvalue weighted by Gasteiger charge is 1.93. The van der Waals surface area contributed by atoms with Gasteiger partial charge in [0.05, 0.1) is 6.61 Å². The monoisotopic (exact) mass is 315 g/mol. The number of rotatable bonds is 19. The van der Waals surface area contributed by atoms with E-state index in [-0.39, 0.29) is 0 Å². The van der Waals surface area contributed by atoms with E-state index >= 15 is 0 Å². The number of nitrogens with one attached hydrogen (secondary N) is 2. The topological polar surface area (TPSA) is 59.3 Å². The van der Waals surface area contributed by atoms with E-state index < -0.39 is 0 Å². The van der Waals surface area contributed by atoms with Crippen LogP contribution in [0.4, 0.5) is 0 Å². The summed E-state index contributed by atoms with van der Waals surface area (Å²) in [4.78, 5) is 0. The summed E-state index contributed by atoms with van der Waals surface area (Å²) >= 11 is 0. The lowest BCUT2D eigenvalue weighted by Crippen LogP contribution is -2.25. The summed E-state index contributed by atoms with van der Waals surface area (Å²) in [5, 5.41) is 6.94. The van der Waals surface area contributed by atoms with E-state index in [1.807, 2.05) is 0 Å². The van der Waals surface area contributed by atoms with Crippen molar-refractivity contribution in [1.29, 1.82) is 0 Å². The molecule has 0 bridgehead atoms. The summed E-state index contributed by atoms with van der Waals surface area (Å²) in [6, 6.07) is 0. The van der Waals surface area contributed by atoms with Gasteiger partial charge in [-0.2, -0.15) is 0 Å². The molecule has 4 nitrogen and oxygen atoms in total. The molecule has 0 radical (unpaired) electrons. The molecule has 0 aliphatic carbocycles. The molecular weight excluding hydrogens is 274 g/mol. The fourth-order valence-corrected chi connectivity index (χ4v) is 2.43. The maximum absolute atomic E-state index is 5.48. The molecule has 0 amide bonds. The summed E-state index contributed by atoms with van der Waals surface area (Å²) in [5.74, 6) is 0. The minimum atomic E-state index is 0.841. The molecule has 0 unspecified atom stereocenters. The lowest BCUT2D eigenvalue weighted by Gasteiger charge is -2.07. The normalized spacial score (nSPS) is 11.2. The first-order chi connectivity index (χ1) is 10.9. The van der Waals surface area contributed by atoms with Crippen LogP contribution in [0.25, 0.3) is 0 Å². The van der Waals surface area contributed by atoms with E-state index in [9.17, 15) is 0 Å². The molecule has 0 fully saturated rings. The standard InChI is InChI=1S/C18H41N3O/c1-2-17-22-18-16-21-15-11-14-20-13-10-8-6-4-3-5-7-9-12-19/h20-21H,2-19H2,1H3. The van der Waals surface area contributed by atoms with Crippen LogP contribution >= 0.6 is 0 Å². The summed E-state index contributed by atoms with van der Waals surface area (Å²) in [6.07, 6.45) is 13.1. The van der Waals surface area contributed by atoms with Crippen molar-refractivity contribution >= 4 is 0 Å². The van der Waals surface area contributed by atoms with Crippen LogP contribution in [0.2, 0.25) is 0 Å². The van der Waals surface area contributed by atoms with E-state index in [0.717, 1.165) is 45.8 Å². The van der Waals surface area contributed by atoms with Crippen molar-refractivity contribution in [2.45, 2.75) is 71.1 Å². The highest BCUT2D eigenvalue weighted by molar-refractivity contribution is 4.53. The predicted molar refractivity (Wildman–Crippen MR) is 97.5 cm³/mol. The van der Waals surface area contributed by atoms with Gasteiger partial charge in [-0.05, 0) is 51.9 Å². The first-order valence-electron chi connectivity index (χ1n) is 9.61. The van der Waals surface area contributed by atoms with E-state index in [1.165, 1.54) is 64.3 Å². The molecule has 0 rings (SSSR count). The summed E-state index contributed by atoms with van der Waals surface area (Å²) < 4.78 is 5.42. The number of unbranched alkanes of at least 4 members (excludes halogenated alkanes) is 7. The van der Waals surface area contributed by atoms with Crippen molar-refractivity contribution in [3.63, 3.8) is 0 Å². The van der Waals surface area contributed by atoms with Crippen LogP contribution < -0.4 is 16.4 Å². The van der Waals surface area contributed by atoms with E-state index in [4.69, 9.17) is 10.5 Å². The molecule has 0 spiro atoms. The van der Waals surface area contributed by atoms with Crippen LogP contribution in [0.5, 0.6) is 0 Å². The van der Waals surface area contributed by atoms with Crippen LogP contribution in [0.3, 0.4) is 0 Å². The van der Waals surface area contributed by atoms with Crippen molar-refractivity contribution < 1.29 is 4.74 Å². The summed E-state index contributed by atoms with van der Waals surface area (Å²) in [5.41, 5.74) is 5.48. The zero-order valence-electron chi connectivity index (χ0n) is 15.0. The maximum atomic E-state index is 5.48. The fraction of sp³-hybridized carbons (Fsp3) is 1.00. The molecule has 0 aromatic rings. The second-order valence-electron chi connectivity index (χ2n) is 6.08. The Morgan fingerprint density at radius 2 is 1.18 bits per heavy atom. The zero-order chi connectivity index (χ0) is 16.1. The van der Waals surface area contributed by atoms with Gasteiger partial charge in [0, 0.05) is 13.2 Å². The molecule has 0 aliphatic rings. The van der Waals surface area contributed by atoms with E-state index in [0.29, 0.717) is 0 Å². The second kappa shape index (κ2) is 20.8. The van der Waals surface area contributed by atoms with Gasteiger partial charge in [0.2, 0.25) is 0 Å². The third-order valence-electron chi connectivity index (χ3n) is 3.79. The van der Waals surface area contributed by atoms with Crippen molar-refractivity contribution in [2.75, 3.05) is 45.9 Å². The van der Waals surface area contributed by atoms with Gasteiger partial charge in [0.1, 0.15) is 0 Å². The molecule has 4 heteroatoms. The molecule has 0 heterocycles. The van der Waals surface area contributed by atoms with Gasteiger partial charge in [0.15, 0.2) is 0 Å². The SMILES string of the molecule is CCCOCCNCCCNCCCCCCCCCCN. The van der Waals surface area contributed by atoms with Gasteiger partial charge in [-0.25, -0.2) is 0 Å². The Bertz CT molecular complexity index is 171. The van der Waals surface area contributed by atoms with Crippen molar-refractivity contribution in [1.82, 2.24) is 10.6 Å². The van der Waals surface area contributed by atoms with Crippen molar-refractivity contribution in [2.24, 2.45) is 5.73 Å². The quantitative estimate of drug-likeness (QED) is 0.321. The van der Waals surface area contributed by atoms with Crippen LogP contribution in [0, 0.1) is 0 Å². The van der Waals surface area contributed by atoms with Crippen LogP contribution in [-0.4, -0.2) is 45.9 Å². The molecular formula is C18H41N3O. The lowest BCUT2D eigenvalue weighted by atomic mass is 10.1. The molecule has 0 aliphatic heterocycles. The molecule has 0 atom stereocenters. The summed E-state index contributed by atoms with van der Waals surface area (Å²) in [7, 11) is 0. The van der Waals surface area contributed by atoms with E-state index in [1.54, 1.807) is 0 Å². The van der Waals surface area contributed by atoms with Crippen molar-refractivity contribution in [3.05, 3.63) is 0 Å². The second-order valence-corrected chi connectivity index (χ2v) is 6.08. The Balaban J connectivity index is 2.91. The average Bonchev–Trinajstić information content (AvgIpc) is 2.54. The average molecular weight is 316 g/mol. The predicted octanol–water partition coefficient (Wildman–Crippen LogP) is 3.06. The molecule has 0 aromatic heterocycles. The minimum absolute atomic E-state index is 0.841. The smallest absolute Gasteiger partial charge is 0.0590 e. The Morgan fingerprint density at radius 1 is 0.636 bits per heavy atom. The first-order valence-corrected chi connectivity index (χ1v) is 9.61. The van der Waals surface area contributed by atoms with Gasteiger partial charge in [0.25, 0.3) is 0 Å². The number of hydrogen-bond donors (Lipinski definition) is 3. The summed E-state index contributed by atoms with van der Waals surface area (Å²) in [6.45, 7) is 9.09. The number of hydrogen-bond acceptors (Lipinski definition) is 4. The first kappa shape index (κ1) is 21.8. The number of nitrogens with two attached hydrogens (primary N) is 1. The maximum Gasteiger partial charge on any atom is 0.0590 e. The van der Waals surface area contributed by atoms with Gasteiger partial charge in [-0.15, -0.1) is 0 Å². The molecule has 0 saturated carbocycles. The van der Waals surface area contributed by atoms with Gasteiger partial charge >= 0.3 is 0 Å². The Kier molecular flexibility index (Phi) is 20.7. The van der Waals surface area contributed by atoms with Crippen LogP contribution in [0.1, 0.15) is 71.1 Å². The Hall–Kier alpha value is -0.160. The molecule has 4 N–H and O–H groups in total. The third kappa shape index (κ3) is 19.8. The minimum Gasteiger partial charge on any atom is -0.380 e.